The number of carbonyl (C=O) groups is 1. The van der Waals surface area contributed by atoms with Crippen LogP contribution in [-0.2, 0) is 0 Å². The summed E-state index contributed by atoms with van der Waals surface area (Å²) in [5, 5.41) is 3.88. The van der Waals surface area contributed by atoms with Gasteiger partial charge in [-0.1, -0.05) is 12.8 Å². The molecule has 76 valence electrons. The molecule has 0 amide bonds. The molecular weight excluding hydrogens is 194 g/mol. The highest BCUT2D eigenvalue weighted by molar-refractivity contribution is 7.08. The molecule has 0 bridgehead atoms. The molecule has 14 heavy (non-hydrogen) atoms. The van der Waals surface area contributed by atoms with Crippen molar-refractivity contribution in [1.29, 1.82) is 0 Å². The van der Waals surface area contributed by atoms with Gasteiger partial charge in [0.2, 0.25) is 0 Å². The van der Waals surface area contributed by atoms with Crippen molar-refractivity contribution in [2.75, 3.05) is 6.54 Å². The van der Waals surface area contributed by atoms with Crippen LogP contribution in [0.3, 0.4) is 0 Å². The zero-order valence-corrected chi connectivity index (χ0v) is 8.98. The normalized spacial score (nSPS) is 19.8. The number of thiophene rings is 1. The van der Waals surface area contributed by atoms with E-state index < -0.39 is 0 Å². The Morgan fingerprint density at radius 1 is 1.50 bits per heavy atom. The molecule has 0 atom stereocenters. The van der Waals surface area contributed by atoms with E-state index in [9.17, 15) is 4.79 Å². The predicted molar refractivity (Wildman–Crippen MR) is 58.6 cm³/mol. The third kappa shape index (κ3) is 1.51. The van der Waals surface area contributed by atoms with Gasteiger partial charge in [0.05, 0.1) is 0 Å². The lowest BCUT2D eigenvalue weighted by Gasteiger charge is -2.24. The second kappa shape index (κ2) is 3.83. The van der Waals surface area contributed by atoms with E-state index in [0.717, 1.165) is 31.2 Å². The summed E-state index contributed by atoms with van der Waals surface area (Å²) >= 11 is 1.57. The highest BCUT2D eigenvalue weighted by atomic mass is 32.1. The average Bonchev–Trinajstić information content (AvgIpc) is 2.89. The molecule has 1 fully saturated rings. The lowest BCUT2D eigenvalue weighted by atomic mass is 9.79. The SMILES string of the molecule is NCC1(C(=O)c2ccsc2)CCCC1. The minimum atomic E-state index is -0.235. The molecule has 1 saturated carbocycles. The maximum absolute atomic E-state index is 12.2. The van der Waals surface area contributed by atoms with Crippen LogP contribution in [0.4, 0.5) is 0 Å². The summed E-state index contributed by atoms with van der Waals surface area (Å²) in [5.41, 5.74) is 6.37. The third-order valence-corrected chi connectivity index (χ3v) is 3.90. The van der Waals surface area contributed by atoms with Crippen LogP contribution < -0.4 is 5.73 Å². The van der Waals surface area contributed by atoms with Crippen LogP contribution in [-0.4, -0.2) is 12.3 Å². The van der Waals surface area contributed by atoms with Crippen molar-refractivity contribution >= 4 is 17.1 Å². The lowest BCUT2D eigenvalue weighted by molar-refractivity contribution is 0.0810. The van der Waals surface area contributed by atoms with Crippen molar-refractivity contribution in [3.05, 3.63) is 22.4 Å². The first-order valence-electron chi connectivity index (χ1n) is 5.06. The zero-order valence-electron chi connectivity index (χ0n) is 8.16. The van der Waals surface area contributed by atoms with Gasteiger partial charge in [0.15, 0.2) is 5.78 Å². The Morgan fingerprint density at radius 2 is 2.21 bits per heavy atom. The van der Waals surface area contributed by atoms with Gasteiger partial charge >= 0.3 is 0 Å². The zero-order chi connectivity index (χ0) is 10.0. The number of carbonyl (C=O) groups excluding carboxylic acids is 1. The Labute approximate surface area is 88.1 Å². The van der Waals surface area contributed by atoms with Crippen molar-refractivity contribution in [3.63, 3.8) is 0 Å². The first kappa shape index (κ1) is 9.87. The summed E-state index contributed by atoms with van der Waals surface area (Å²) in [6.07, 6.45) is 4.23. The first-order chi connectivity index (χ1) is 6.78. The van der Waals surface area contributed by atoms with Gasteiger partial charge < -0.3 is 5.73 Å². The van der Waals surface area contributed by atoms with Crippen LogP contribution in [0.2, 0.25) is 0 Å². The van der Waals surface area contributed by atoms with Gasteiger partial charge in [-0.15, -0.1) is 0 Å². The molecule has 2 rings (SSSR count). The number of nitrogens with two attached hydrogens (primary N) is 1. The second-order valence-electron chi connectivity index (χ2n) is 4.03. The Morgan fingerprint density at radius 3 is 2.71 bits per heavy atom. The molecule has 3 heteroatoms. The summed E-state index contributed by atoms with van der Waals surface area (Å²) in [6, 6.07) is 1.91. The second-order valence-corrected chi connectivity index (χ2v) is 4.81. The molecule has 1 heterocycles. The van der Waals surface area contributed by atoms with Crippen LogP contribution in [0.5, 0.6) is 0 Å². The topological polar surface area (TPSA) is 43.1 Å². The fourth-order valence-corrected chi connectivity index (χ4v) is 2.91. The molecule has 0 aliphatic heterocycles. The standard InChI is InChI=1S/C11H15NOS/c12-8-11(4-1-2-5-11)10(13)9-3-6-14-7-9/h3,6-7H,1-2,4-5,8,12H2. The van der Waals surface area contributed by atoms with Crippen LogP contribution >= 0.6 is 11.3 Å². The highest BCUT2D eigenvalue weighted by Gasteiger charge is 2.40. The van der Waals surface area contributed by atoms with Crippen LogP contribution in [0.1, 0.15) is 36.0 Å². The number of ketones is 1. The van der Waals surface area contributed by atoms with Gasteiger partial charge in [-0.25, -0.2) is 0 Å². The fraction of sp³-hybridized carbons (Fsp3) is 0.545. The van der Waals surface area contributed by atoms with E-state index in [2.05, 4.69) is 0 Å². The van der Waals surface area contributed by atoms with E-state index >= 15 is 0 Å². The number of Topliss-reactive ketones (excluding diaryl/α,β-unsaturated/α-hetero) is 1. The van der Waals surface area contributed by atoms with E-state index in [1.807, 2.05) is 16.8 Å². The van der Waals surface area contributed by atoms with E-state index in [0.29, 0.717) is 6.54 Å². The molecule has 2 N–H and O–H groups in total. The maximum Gasteiger partial charge on any atom is 0.171 e. The van der Waals surface area contributed by atoms with Gasteiger partial charge in [0.1, 0.15) is 0 Å². The maximum atomic E-state index is 12.2. The quantitative estimate of drug-likeness (QED) is 0.777. The average molecular weight is 209 g/mol. The molecular formula is C11H15NOS. The molecule has 1 aliphatic rings. The van der Waals surface area contributed by atoms with Gasteiger partial charge in [0.25, 0.3) is 0 Å². The summed E-state index contributed by atoms with van der Waals surface area (Å²) in [7, 11) is 0. The Kier molecular flexibility index (Phi) is 2.70. The molecule has 0 spiro atoms. The summed E-state index contributed by atoms with van der Waals surface area (Å²) < 4.78 is 0. The Balaban J connectivity index is 2.24. The fourth-order valence-electron chi connectivity index (χ4n) is 2.28. The highest BCUT2D eigenvalue weighted by Crippen LogP contribution is 2.40. The number of rotatable bonds is 3. The smallest absolute Gasteiger partial charge is 0.171 e. The van der Waals surface area contributed by atoms with Crippen molar-refractivity contribution in [3.8, 4) is 0 Å². The van der Waals surface area contributed by atoms with E-state index in [1.54, 1.807) is 11.3 Å². The minimum Gasteiger partial charge on any atom is -0.329 e. The molecule has 0 aromatic carbocycles. The molecule has 0 radical (unpaired) electrons. The first-order valence-corrected chi connectivity index (χ1v) is 6.00. The van der Waals surface area contributed by atoms with Gasteiger partial charge in [-0.2, -0.15) is 11.3 Å². The summed E-state index contributed by atoms with van der Waals surface area (Å²) in [4.78, 5) is 12.2. The van der Waals surface area contributed by atoms with Crippen molar-refractivity contribution < 1.29 is 4.79 Å². The largest absolute Gasteiger partial charge is 0.329 e. The van der Waals surface area contributed by atoms with Gasteiger partial charge in [-0.05, 0) is 24.3 Å². The summed E-state index contributed by atoms with van der Waals surface area (Å²) in [6.45, 7) is 0.502. The van der Waals surface area contributed by atoms with Crippen LogP contribution in [0.25, 0.3) is 0 Å². The van der Waals surface area contributed by atoms with E-state index in [4.69, 9.17) is 5.73 Å². The van der Waals surface area contributed by atoms with Crippen molar-refractivity contribution in [1.82, 2.24) is 0 Å². The Hall–Kier alpha value is -0.670. The molecule has 1 aromatic heterocycles. The van der Waals surface area contributed by atoms with Crippen molar-refractivity contribution in [2.24, 2.45) is 11.1 Å². The summed E-state index contributed by atoms with van der Waals surface area (Å²) in [5.74, 6) is 0.263. The van der Waals surface area contributed by atoms with Crippen LogP contribution in [0, 0.1) is 5.41 Å². The van der Waals surface area contributed by atoms with E-state index in [1.165, 1.54) is 0 Å². The third-order valence-electron chi connectivity index (χ3n) is 3.22. The van der Waals surface area contributed by atoms with Crippen LogP contribution in [0.15, 0.2) is 16.8 Å². The monoisotopic (exact) mass is 209 g/mol. The number of hydrogen-bond donors (Lipinski definition) is 1. The van der Waals surface area contributed by atoms with Crippen molar-refractivity contribution in [2.45, 2.75) is 25.7 Å². The van der Waals surface area contributed by atoms with Gasteiger partial charge in [0, 0.05) is 22.9 Å². The minimum absolute atomic E-state index is 0.235. The molecule has 0 saturated heterocycles. The Bertz CT molecular complexity index is 312. The molecule has 1 aromatic rings. The predicted octanol–water partition coefficient (Wildman–Crippen LogP) is 2.45. The molecule has 1 aliphatic carbocycles. The number of hydrogen-bond acceptors (Lipinski definition) is 3. The van der Waals surface area contributed by atoms with E-state index in [-0.39, 0.29) is 11.2 Å². The van der Waals surface area contributed by atoms with Gasteiger partial charge in [-0.3, -0.25) is 4.79 Å². The lowest BCUT2D eigenvalue weighted by Crippen LogP contribution is -2.35. The molecule has 0 unspecified atom stereocenters. The molecule has 2 nitrogen and oxygen atoms in total.